The van der Waals surface area contributed by atoms with Crippen LogP contribution in [0, 0.1) is 5.82 Å². The largest absolute Gasteiger partial charge is 0.464 e. The number of amides is 1. The minimum Gasteiger partial charge on any atom is -0.464 e. The molecule has 0 saturated carbocycles. The van der Waals surface area contributed by atoms with Gasteiger partial charge in [0.15, 0.2) is 0 Å². The third-order valence-electron chi connectivity index (χ3n) is 3.89. The second-order valence-electron chi connectivity index (χ2n) is 5.84. The molecule has 0 aliphatic rings. The van der Waals surface area contributed by atoms with E-state index in [0.717, 1.165) is 18.9 Å². The van der Waals surface area contributed by atoms with Gasteiger partial charge in [0, 0.05) is 11.3 Å². The number of hydrogen-bond donors (Lipinski definition) is 0. The highest BCUT2D eigenvalue weighted by Gasteiger charge is 2.29. The van der Waals surface area contributed by atoms with Crippen LogP contribution in [0.15, 0.2) is 48.5 Å². The predicted octanol–water partition coefficient (Wildman–Crippen LogP) is 4.86. The van der Waals surface area contributed by atoms with Crippen LogP contribution in [0.4, 0.5) is 10.1 Å². The number of carbonyl (C=O) groups excluding carboxylic acids is 2. The molecule has 26 heavy (non-hydrogen) atoms. The molecule has 0 unspecified atom stereocenters. The van der Waals surface area contributed by atoms with Gasteiger partial charge in [0.05, 0.1) is 11.6 Å². The van der Waals surface area contributed by atoms with Crippen LogP contribution in [0.25, 0.3) is 0 Å². The molecule has 0 fully saturated rings. The fourth-order valence-corrected chi connectivity index (χ4v) is 2.59. The van der Waals surface area contributed by atoms with E-state index in [9.17, 15) is 14.0 Å². The van der Waals surface area contributed by atoms with Crippen molar-refractivity contribution in [2.24, 2.45) is 0 Å². The summed E-state index contributed by atoms with van der Waals surface area (Å²) in [5, 5.41) is -0.125. The van der Waals surface area contributed by atoms with Crippen molar-refractivity contribution in [2.75, 3.05) is 11.5 Å². The van der Waals surface area contributed by atoms with Crippen LogP contribution in [0.2, 0.25) is 5.02 Å². The first-order chi connectivity index (χ1) is 12.5. The number of esters is 1. The van der Waals surface area contributed by atoms with Crippen molar-refractivity contribution >= 4 is 29.2 Å². The van der Waals surface area contributed by atoms with Gasteiger partial charge in [0.1, 0.15) is 11.9 Å². The molecular weight excluding hydrogens is 357 g/mol. The van der Waals surface area contributed by atoms with E-state index in [0.29, 0.717) is 11.3 Å². The van der Waals surface area contributed by atoms with Crippen molar-refractivity contribution in [1.29, 1.82) is 0 Å². The molecule has 1 atom stereocenters. The maximum Gasteiger partial charge on any atom is 0.328 e. The Morgan fingerprint density at radius 3 is 2.50 bits per heavy atom. The highest BCUT2D eigenvalue weighted by atomic mass is 35.5. The molecule has 0 saturated heterocycles. The van der Waals surface area contributed by atoms with Crippen molar-refractivity contribution < 1.29 is 18.7 Å². The maximum atomic E-state index is 13.5. The molecule has 138 valence electrons. The van der Waals surface area contributed by atoms with Gasteiger partial charge in [-0.2, -0.15) is 0 Å². The van der Waals surface area contributed by atoms with Crippen LogP contribution in [-0.4, -0.2) is 24.5 Å². The van der Waals surface area contributed by atoms with Crippen molar-refractivity contribution in [3.8, 4) is 0 Å². The number of anilines is 1. The average molecular weight is 378 g/mol. The molecule has 0 aromatic heterocycles. The summed E-state index contributed by atoms with van der Waals surface area (Å²) in [5.74, 6) is -1.52. The quantitative estimate of drug-likeness (QED) is 0.511. The smallest absolute Gasteiger partial charge is 0.328 e. The number of unbranched alkanes of at least 4 members (excludes halogenated alkanes) is 1. The average Bonchev–Trinajstić information content (AvgIpc) is 2.65. The lowest BCUT2D eigenvalue weighted by Crippen LogP contribution is -2.44. The Morgan fingerprint density at radius 1 is 1.19 bits per heavy atom. The molecule has 0 bridgehead atoms. The maximum absolute atomic E-state index is 13.5. The lowest BCUT2D eigenvalue weighted by atomic mass is 10.1. The van der Waals surface area contributed by atoms with Crippen LogP contribution < -0.4 is 4.90 Å². The minimum absolute atomic E-state index is 0.125. The third-order valence-corrected chi connectivity index (χ3v) is 4.18. The van der Waals surface area contributed by atoms with Crippen molar-refractivity contribution in [3.63, 3.8) is 0 Å². The van der Waals surface area contributed by atoms with E-state index in [-0.39, 0.29) is 11.6 Å². The van der Waals surface area contributed by atoms with Gasteiger partial charge in [-0.3, -0.25) is 9.69 Å². The molecular formula is C20H21ClFNO3. The normalized spacial score (nSPS) is 11.7. The first-order valence-electron chi connectivity index (χ1n) is 8.46. The molecule has 0 heterocycles. The van der Waals surface area contributed by atoms with Crippen LogP contribution >= 0.6 is 11.6 Å². The summed E-state index contributed by atoms with van der Waals surface area (Å²) in [5.41, 5.74) is 0.728. The molecule has 1 amide bonds. The zero-order chi connectivity index (χ0) is 19.1. The summed E-state index contributed by atoms with van der Waals surface area (Å²) in [4.78, 5) is 26.7. The number of halogens is 2. The molecule has 0 radical (unpaired) electrons. The lowest BCUT2D eigenvalue weighted by Gasteiger charge is -2.28. The van der Waals surface area contributed by atoms with E-state index in [1.165, 1.54) is 17.0 Å². The summed E-state index contributed by atoms with van der Waals surface area (Å²) >= 11 is 5.87. The monoisotopic (exact) mass is 377 g/mol. The van der Waals surface area contributed by atoms with Gasteiger partial charge in [0.2, 0.25) is 0 Å². The van der Waals surface area contributed by atoms with E-state index in [2.05, 4.69) is 0 Å². The van der Waals surface area contributed by atoms with Gasteiger partial charge in [0.25, 0.3) is 5.91 Å². The van der Waals surface area contributed by atoms with Gasteiger partial charge in [-0.1, -0.05) is 43.1 Å². The van der Waals surface area contributed by atoms with Crippen LogP contribution in [0.1, 0.15) is 37.0 Å². The van der Waals surface area contributed by atoms with Crippen LogP contribution in [0.3, 0.4) is 0 Å². The van der Waals surface area contributed by atoms with Crippen molar-refractivity contribution in [3.05, 3.63) is 64.9 Å². The van der Waals surface area contributed by atoms with Crippen LogP contribution in [0.5, 0.6) is 0 Å². The molecule has 0 N–H and O–H groups in total. The second kappa shape index (κ2) is 9.34. The molecule has 2 aromatic carbocycles. The Morgan fingerprint density at radius 2 is 1.88 bits per heavy atom. The Bertz CT molecular complexity index is 767. The zero-order valence-electron chi connectivity index (χ0n) is 14.7. The van der Waals surface area contributed by atoms with Crippen LogP contribution in [-0.2, 0) is 9.53 Å². The number of ether oxygens (including phenoxy) is 1. The molecule has 2 rings (SSSR count). The zero-order valence-corrected chi connectivity index (χ0v) is 15.5. The van der Waals surface area contributed by atoms with Gasteiger partial charge in [-0.25, -0.2) is 9.18 Å². The standard InChI is InChI=1S/C20H21ClFNO3/c1-3-4-12-26-20(25)14(2)23(16-10-11-18(22)17(21)13-16)19(24)15-8-6-5-7-9-15/h5-11,13-14H,3-4,12H2,1-2H3/t14-/m0/s1. The van der Waals surface area contributed by atoms with Gasteiger partial charge in [-0.15, -0.1) is 0 Å². The van der Waals surface area contributed by atoms with Gasteiger partial charge in [-0.05, 0) is 43.7 Å². The summed E-state index contributed by atoms with van der Waals surface area (Å²) in [6, 6.07) is 11.6. The summed E-state index contributed by atoms with van der Waals surface area (Å²) < 4.78 is 18.8. The van der Waals surface area contributed by atoms with E-state index in [4.69, 9.17) is 16.3 Å². The Balaban J connectivity index is 2.36. The Hall–Kier alpha value is -2.40. The number of nitrogens with zero attached hydrogens (tertiary/aromatic N) is 1. The van der Waals surface area contributed by atoms with Gasteiger partial charge < -0.3 is 4.74 Å². The molecule has 0 aliphatic carbocycles. The van der Waals surface area contributed by atoms with E-state index in [1.54, 1.807) is 37.3 Å². The van der Waals surface area contributed by atoms with E-state index >= 15 is 0 Å². The summed E-state index contributed by atoms with van der Waals surface area (Å²) in [6.07, 6.45) is 1.63. The molecule has 4 nitrogen and oxygen atoms in total. The Kier molecular flexibility index (Phi) is 7.16. The number of carbonyl (C=O) groups is 2. The molecule has 0 aliphatic heterocycles. The number of benzene rings is 2. The highest BCUT2D eigenvalue weighted by molar-refractivity contribution is 6.31. The second-order valence-corrected chi connectivity index (χ2v) is 6.24. The molecule has 0 spiro atoms. The topological polar surface area (TPSA) is 46.6 Å². The summed E-state index contributed by atoms with van der Waals surface area (Å²) in [7, 11) is 0. The fraction of sp³-hybridized carbons (Fsp3) is 0.300. The Labute approximate surface area is 157 Å². The minimum atomic E-state index is -0.888. The lowest BCUT2D eigenvalue weighted by molar-refractivity contribution is -0.144. The highest BCUT2D eigenvalue weighted by Crippen LogP contribution is 2.26. The van der Waals surface area contributed by atoms with E-state index < -0.39 is 23.7 Å². The predicted molar refractivity (Wildman–Crippen MR) is 100.0 cm³/mol. The SMILES string of the molecule is CCCCOC(=O)[C@H](C)N(C(=O)c1ccccc1)c1ccc(F)c(Cl)c1. The van der Waals surface area contributed by atoms with E-state index in [1.807, 2.05) is 6.92 Å². The summed E-state index contributed by atoms with van der Waals surface area (Å²) in [6.45, 7) is 3.85. The molecule has 2 aromatic rings. The molecule has 6 heteroatoms. The first kappa shape index (κ1) is 19.9. The fourth-order valence-electron chi connectivity index (χ4n) is 2.41. The van der Waals surface area contributed by atoms with Crippen molar-refractivity contribution in [1.82, 2.24) is 0 Å². The van der Waals surface area contributed by atoms with Crippen molar-refractivity contribution in [2.45, 2.75) is 32.7 Å². The first-order valence-corrected chi connectivity index (χ1v) is 8.83. The number of hydrogen-bond acceptors (Lipinski definition) is 3. The third kappa shape index (κ3) is 4.82. The van der Waals surface area contributed by atoms with Gasteiger partial charge >= 0.3 is 5.97 Å². The number of rotatable bonds is 7.